The Morgan fingerprint density at radius 1 is 1.55 bits per heavy atom. The van der Waals surface area contributed by atoms with Crippen LogP contribution in [0.25, 0.3) is 0 Å². The molecule has 0 aliphatic carbocycles. The van der Waals surface area contributed by atoms with Crippen molar-refractivity contribution in [1.29, 1.82) is 0 Å². The average molecular weight is 176 g/mol. The van der Waals surface area contributed by atoms with Crippen molar-refractivity contribution < 1.29 is 9.09 Å². The van der Waals surface area contributed by atoms with Gasteiger partial charge in [0.05, 0.1) is 0 Å². The molecule has 2 nitrogen and oxygen atoms in total. The molecule has 0 aromatic heterocycles. The minimum absolute atomic E-state index is 0.109. The lowest BCUT2D eigenvalue weighted by Gasteiger charge is -2.29. The van der Waals surface area contributed by atoms with E-state index in [0.29, 0.717) is 5.92 Å². The highest BCUT2D eigenvalue weighted by atomic mass is 31.2. The van der Waals surface area contributed by atoms with E-state index < -0.39 is 7.37 Å². The van der Waals surface area contributed by atoms with E-state index in [9.17, 15) is 4.57 Å². The van der Waals surface area contributed by atoms with E-state index in [1.165, 1.54) is 0 Å². The Morgan fingerprint density at radius 2 is 2.09 bits per heavy atom. The average Bonchev–Trinajstić information content (AvgIpc) is 2.15. The first kappa shape index (κ1) is 9.28. The van der Waals surface area contributed by atoms with E-state index in [-0.39, 0.29) is 5.16 Å². The third-order valence-corrected chi connectivity index (χ3v) is 6.87. The summed E-state index contributed by atoms with van der Waals surface area (Å²) in [6.07, 6.45) is 1.80. The molecule has 0 saturated carbocycles. The van der Waals surface area contributed by atoms with Crippen molar-refractivity contribution in [3.8, 4) is 0 Å². The molecule has 2 unspecified atom stereocenters. The maximum absolute atomic E-state index is 12.0. The molecule has 0 aromatic carbocycles. The van der Waals surface area contributed by atoms with Gasteiger partial charge in [0.15, 0.2) is 0 Å². The topological polar surface area (TPSA) is 26.3 Å². The zero-order valence-electron chi connectivity index (χ0n) is 7.76. The highest BCUT2D eigenvalue weighted by Crippen LogP contribution is 2.67. The summed E-state index contributed by atoms with van der Waals surface area (Å²) in [7, 11) is -0.740. The van der Waals surface area contributed by atoms with Gasteiger partial charge in [0.2, 0.25) is 7.37 Å². The Bertz CT molecular complexity index is 198. The molecule has 0 radical (unpaired) electrons. The van der Waals surface area contributed by atoms with Crippen molar-refractivity contribution in [3.63, 3.8) is 0 Å². The summed E-state index contributed by atoms with van der Waals surface area (Å²) in [5.41, 5.74) is 0. The molecule has 66 valence electrons. The summed E-state index contributed by atoms with van der Waals surface area (Å²) >= 11 is 0. The van der Waals surface area contributed by atoms with Crippen LogP contribution in [0.1, 0.15) is 27.2 Å². The summed E-state index contributed by atoms with van der Waals surface area (Å²) in [4.78, 5) is 0. The highest BCUT2D eigenvalue weighted by molar-refractivity contribution is 7.61. The van der Waals surface area contributed by atoms with Crippen LogP contribution in [-0.4, -0.2) is 18.4 Å². The van der Waals surface area contributed by atoms with Gasteiger partial charge in [-0.1, -0.05) is 20.8 Å². The molecule has 0 bridgehead atoms. The SMILES string of the molecule is COP1(=O)CCC(C)C1(C)C. The van der Waals surface area contributed by atoms with E-state index in [0.717, 1.165) is 12.6 Å². The van der Waals surface area contributed by atoms with Crippen molar-refractivity contribution in [2.75, 3.05) is 13.3 Å². The van der Waals surface area contributed by atoms with Crippen LogP contribution in [-0.2, 0) is 9.09 Å². The van der Waals surface area contributed by atoms with Gasteiger partial charge in [-0.05, 0) is 12.3 Å². The van der Waals surface area contributed by atoms with Gasteiger partial charge >= 0.3 is 0 Å². The predicted octanol–water partition coefficient (Wildman–Crippen LogP) is 2.73. The zero-order chi connectivity index (χ0) is 8.70. The molecular formula is C8H17O2P. The molecule has 1 rings (SSSR count). The first-order valence-corrected chi connectivity index (χ1v) is 5.90. The van der Waals surface area contributed by atoms with E-state index in [1.54, 1.807) is 7.11 Å². The molecule has 1 heterocycles. The van der Waals surface area contributed by atoms with Crippen LogP contribution < -0.4 is 0 Å². The molecule has 0 amide bonds. The van der Waals surface area contributed by atoms with Crippen LogP contribution >= 0.6 is 7.37 Å². The highest BCUT2D eigenvalue weighted by Gasteiger charge is 2.49. The van der Waals surface area contributed by atoms with Crippen molar-refractivity contribution >= 4 is 7.37 Å². The standard InChI is InChI=1S/C8H17O2P/c1-7-5-6-11(9,10-4)8(7,2)3/h7H,5-6H2,1-4H3. The van der Waals surface area contributed by atoms with E-state index >= 15 is 0 Å². The van der Waals surface area contributed by atoms with Crippen LogP contribution in [0.4, 0.5) is 0 Å². The summed E-state index contributed by atoms with van der Waals surface area (Å²) in [5, 5.41) is -0.109. The molecule has 0 N–H and O–H groups in total. The van der Waals surface area contributed by atoms with Crippen LogP contribution in [0.2, 0.25) is 0 Å². The predicted molar refractivity (Wildman–Crippen MR) is 47.3 cm³/mol. The van der Waals surface area contributed by atoms with Crippen LogP contribution in [0.5, 0.6) is 0 Å². The summed E-state index contributed by atoms with van der Waals surface area (Å²) < 4.78 is 17.2. The Morgan fingerprint density at radius 3 is 2.27 bits per heavy atom. The number of hydrogen-bond acceptors (Lipinski definition) is 2. The molecule has 1 saturated heterocycles. The van der Waals surface area contributed by atoms with Gasteiger partial charge in [-0.25, -0.2) is 0 Å². The Hall–Kier alpha value is 0.190. The van der Waals surface area contributed by atoms with Gasteiger partial charge in [0, 0.05) is 18.4 Å². The second-order valence-electron chi connectivity index (χ2n) is 3.92. The summed E-state index contributed by atoms with van der Waals surface area (Å²) in [5.74, 6) is 0.522. The molecule has 0 aromatic rings. The van der Waals surface area contributed by atoms with Gasteiger partial charge < -0.3 is 4.52 Å². The number of rotatable bonds is 1. The van der Waals surface area contributed by atoms with Gasteiger partial charge in [-0.2, -0.15) is 0 Å². The fourth-order valence-corrected chi connectivity index (χ4v) is 4.42. The first-order valence-electron chi connectivity index (χ1n) is 4.09. The quantitative estimate of drug-likeness (QED) is 0.574. The smallest absolute Gasteiger partial charge is 0.208 e. The third-order valence-electron chi connectivity index (χ3n) is 3.24. The normalized spacial score (nSPS) is 42.7. The molecule has 11 heavy (non-hydrogen) atoms. The van der Waals surface area contributed by atoms with Crippen molar-refractivity contribution in [2.24, 2.45) is 5.92 Å². The van der Waals surface area contributed by atoms with Crippen molar-refractivity contribution in [2.45, 2.75) is 32.3 Å². The molecule has 2 atom stereocenters. The second-order valence-corrected chi connectivity index (χ2v) is 7.23. The largest absolute Gasteiger partial charge is 0.331 e. The lowest BCUT2D eigenvalue weighted by molar-refractivity contribution is 0.358. The van der Waals surface area contributed by atoms with Crippen LogP contribution in [0, 0.1) is 5.92 Å². The van der Waals surface area contributed by atoms with Crippen molar-refractivity contribution in [1.82, 2.24) is 0 Å². The van der Waals surface area contributed by atoms with Crippen molar-refractivity contribution in [3.05, 3.63) is 0 Å². The molecule has 1 aliphatic rings. The fraction of sp³-hybridized carbons (Fsp3) is 1.00. The van der Waals surface area contributed by atoms with Gasteiger partial charge in [-0.15, -0.1) is 0 Å². The zero-order valence-corrected chi connectivity index (χ0v) is 8.65. The lowest BCUT2D eigenvalue weighted by atomic mass is 9.95. The van der Waals surface area contributed by atoms with E-state index in [2.05, 4.69) is 20.8 Å². The first-order chi connectivity index (χ1) is 4.94. The minimum Gasteiger partial charge on any atom is -0.331 e. The second kappa shape index (κ2) is 2.60. The lowest BCUT2D eigenvalue weighted by Crippen LogP contribution is -2.23. The van der Waals surface area contributed by atoms with Gasteiger partial charge in [-0.3, -0.25) is 4.57 Å². The maximum atomic E-state index is 12.0. The van der Waals surface area contributed by atoms with E-state index in [4.69, 9.17) is 4.52 Å². The minimum atomic E-state index is -2.31. The molecule has 0 spiro atoms. The molecule has 3 heteroatoms. The monoisotopic (exact) mass is 176 g/mol. The summed E-state index contributed by atoms with van der Waals surface area (Å²) in [6, 6.07) is 0. The van der Waals surface area contributed by atoms with Gasteiger partial charge in [0.25, 0.3) is 0 Å². The van der Waals surface area contributed by atoms with Crippen LogP contribution in [0.3, 0.4) is 0 Å². The van der Waals surface area contributed by atoms with Crippen LogP contribution in [0.15, 0.2) is 0 Å². The summed E-state index contributed by atoms with van der Waals surface area (Å²) in [6.45, 7) is 6.25. The van der Waals surface area contributed by atoms with E-state index in [1.807, 2.05) is 0 Å². The Balaban J connectivity index is 2.95. The molecule has 1 aliphatic heterocycles. The fourth-order valence-electron chi connectivity index (χ4n) is 1.67. The Kier molecular flexibility index (Phi) is 2.19. The molecular weight excluding hydrogens is 159 g/mol. The molecule has 1 fully saturated rings. The Labute approximate surface area is 68.8 Å². The number of hydrogen-bond donors (Lipinski definition) is 0. The third kappa shape index (κ3) is 1.17. The maximum Gasteiger partial charge on any atom is 0.208 e. The van der Waals surface area contributed by atoms with Gasteiger partial charge in [0.1, 0.15) is 0 Å².